The number of aromatic nitrogens is 1. The van der Waals surface area contributed by atoms with Crippen molar-refractivity contribution >= 4 is 18.0 Å². The lowest BCUT2D eigenvalue weighted by Crippen LogP contribution is -2.43. The van der Waals surface area contributed by atoms with Crippen molar-refractivity contribution in [2.45, 2.75) is 25.8 Å². The Balaban J connectivity index is 1.79. The van der Waals surface area contributed by atoms with Crippen LogP contribution in [-0.4, -0.2) is 66.6 Å². The van der Waals surface area contributed by atoms with Crippen LogP contribution in [-0.2, 0) is 27.2 Å². The summed E-state index contributed by atoms with van der Waals surface area (Å²) < 4.78 is 9.59. The lowest BCUT2D eigenvalue weighted by Gasteiger charge is -2.33. The molecule has 0 aliphatic carbocycles. The highest BCUT2D eigenvalue weighted by molar-refractivity contribution is 5.96. The van der Waals surface area contributed by atoms with E-state index >= 15 is 0 Å². The zero-order valence-corrected chi connectivity index (χ0v) is 15.1. The van der Waals surface area contributed by atoms with Crippen molar-refractivity contribution in [2.75, 3.05) is 33.9 Å². The predicted octanol–water partition coefficient (Wildman–Crippen LogP) is 1.23. The number of pyridine rings is 1. The number of rotatable bonds is 2. The molecule has 8 nitrogen and oxygen atoms in total. The molecule has 0 bridgehead atoms. The molecule has 0 aromatic carbocycles. The first-order valence-electron chi connectivity index (χ1n) is 8.71. The van der Waals surface area contributed by atoms with Crippen LogP contribution in [0.3, 0.4) is 0 Å². The van der Waals surface area contributed by atoms with Gasteiger partial charge in [0.05, 0.1) is 32.2 Å². The maximum atomic E-state index is 13.0. The second kappa shape index (κ2) is 7.72. The third-order valence-electron chi connectivity index (χ3n) is 5.05. The first-order valence-corrected chi connectivity index (χ1v) is 8.71. The second-order valence-electron chi connectivity index (χ2n) is 6.58. The van der Waals surface area contributed by atoms with Gasteiger partial charge in [0.1, 0.15) is 0 Å². The number of ether oxygens (including phenoxy) is 2. The maximum Gasteiger partial charge on any atom is 0.409 e. The number of esters is 1. The van der Waals surface area contributed by atoms with Crippen molar-refractivity contribution in [3.63, 3.8) is 0 Å². The molecule has 3 heterocycles. The van der Waals surface area contributed by atoms with Crippen LogP contribution in [0.2, 0.25) is 0 Å². The smallest absolute Gasteiger partial charge is 0.409 e. The quantitative estimate of drug-likeness (QED) is 0.736. The molecule has 1 atom stereocenters. The van der Waals surface area contributed by atoms with E-state index in [1.54, 1.807) is 22.2 Å². The normalized spacial score (nSPS) is 19.5. The largest absolute Gasteiger partial charge is 0.469 e. The Hall–Kier alpha value is -2.64. The van der Waals surface area contributed by atoms with Gasteiger partial charge in [-0.3, -0.25) is 14.6 Å². The van der Waals surface area contributed by atoms with Crippen molar-refractivity contribution in [1.29, 1.82) is 0 Å². The van der Waals surface area contributed by atoms with Crippen LogP contribution in [0.25, 0.3) is 0 Å². The van der Waals surface area contributed by atoms with E-state index < -0.39 is 0 Å². The SMILES string of the molecule is COC(=O)C1CCCN(C(=O)c2cncc3c2CCN(C(=O)OC)C3)C1. The predicted molar refractivity (Wildman–Crippen MR) is 91.4 cm³/mol. The summed E-state index contributed by atoms with van der Waals surface area (Å²) in [6.07, 6.45) is 4.96. The summed E-state index contributed by atoms with van der Waals surface area (Å²) in [5.74, 6) is -0.668. The van der Waals surface area contributed by atoms with Gasteiger partial charge in [0, 0.05) is 32.0 Å². The molecule has 140 valence electrons. The molecular formula is C18H23N3O5. The van der Waals surface area contributed by atoms with E-state index in [4.69, 9.17) is 9.47 Å². The summed E-state index contributed by atoms with van der Waals surface area (Å²) in [6, 6.07) is 0. The summed E-state index contributed by atoms with van der Waals surface area (Å²) in [6.45, 7) is 1.85. The molecular weight excluding hydrogens is 338 g/mol. The van der Waals surface area contributed by atoms with Crippen LogP contribution in [0.4, 0.5) is 4.79 Å². The Morgan fingerprint density at radius 1 is 1.12 bits per heavy atom. The molecule has 2 aliphatic rings. The Kier molecular flexibility index (Phi) is 5.39. The van der Waals surface area contributed by atoms with Gasteiger partial charge in [0.15, 0.2) is 0 Å². The number of likely N-dealkylation sites (tertiary alicyclic amines) is 1. The Labute approximate surface area is 152 Å². The van der Waals surface area contributed by atoms with Crippen LogP contribution >= 0.6 is 0 Å². The molecule has 3 rings (SSSR count). The van der Waals surface area contributed by atoms with Gasteiger partial charge in [0.2, 0.25) is 0 Å². The van der Waals surface area contributed by atoms with Gasteiger partial charge in [-0.1, -0.05) is 0 Å². The van der Waals surface area contributed by atoms with Crippen LogP contribution in [0, 0.1) is 5.92 Å². The molecule has 1 aromatic rings. The lowest BCUT2D eigenvalue weighted by molar-refractivity contribution is -0.146. The topological polar surface area (TPSA) is 89.0 Å². The fourth-order valence-electron chi connectivity index (χ4n) is 3.65. The van der Waals surface area contributed by atoms with Gasteiger partial charge < -0.3 is 19.3 Å². The zero-order chi connectivity index (χ0) is 18.7. The fraction of sp³-hybridized carbons (Fsp3) is 0.556. The van der Waals surface area contributed by atoms with Crippen molar-refractivity contribution < 1.29 is 23.9 Å². The van der Waals surface area contributed by atoms with E-state index in [1.165, 1.54) is 14.2 Å². The van der Waals surface area contributed by atoms with Crippen molar-refractivity contribution in [1.82, 2.24) is 14.8 Å². The summed E-state index contributed by atoms with van der Waals surface area (Å²) in [5.41, 5.74) is 2.33. The lowest BCUT2D eigenvalue weighted by atomic mass is 9.94. The minimum absolute atomic E-state index is 0.116. The highest BCUT2D eigenvalue weighted by atomic mass is 16.5. The van der Waals surface area contributed by atoms with E-state index in [1.807, 2.05) is 0 Å². The second-order valence-corrected chi connectivity index (χ2v) is 6.58. The molecule has 1 fully saturated rings. The molecule has 0 saturated carbocycles. The molecule has 26 heavy (non-hydrogen) atoms. The standard InChI is InChI=1S/C18H23N3O5/c1-25-17(23)12-4-3-6-20(10-12)16(22)15-9-19-8-13-11-21(18(24)26-2)7-5-14(13)15/h8-9,12H,3-7,10-11H2,1-2H3. The highest BCUT2D eigenvalue weighted by Gasteiger charge is 2.32. The van der Waals surface area contributed by atoms with Gasteiger partial charge >= 0.3 is 12.1 Å². The number of amides is 2. The van der Waals surface area contributed by atoms with E-state index in [0.717, 1.165) is 24.0 Å². The number of methoxy groups -OCH3 is 2. The minimum atomic E-state index is -0.385. The number of fused-ring (bicyclic) bond motifs is 1. The number of carbonyl (C=O) groups is 3. The van der Waals surface area contributed by atoms with Crippen LogP contribution in [0.1, 0.15) is 34.3 Å². The molecule has 2 amide bonds. The monoisotopic (exact) mass is 361 g/mol. The molecule has 8 heteroatoms. The first kappa shape index (κ1) is 18.2. The van der Waals surface area contributed by atoms with Gasteiger partial charge in [0.25, 0.3) is 5.91 Å². The highest BCUT2D eigenvalue weighted by Crippen LogP contribution is 2.25. The first-order chi connectivity index (χ1) is 12.5. The summed E-state index contributed by atoms with van der Waals surface area (Å²) in [5, 5.41) is 0. The average molecular weight is 361 g/mol. The van der Waals surface area contributed by atoms with Crippen LogP contribution in [0.5, 0.6) is 0 Å². The zero-order valence-electron chi connectivity index (χ0n) is 15.1. The van der Waals surface area contributed by atoms with Crippen molar-refractivity contribution in [3.05, 3.63) is 29.1 Å². The Morgan fingerprint density at radius 3 is 2.65 bits per heavy atom. The molecule has 0 N–H and O–H groups in total. The molecule has 0 radical (unpaired) electrons. The molecule has 1 unspecified atom stereocenters. The van der Waals surface area contributed by atoms with E-state index in [0.29, 0.717) is 38.2 Å². The number of hydrogen-bond donors (Lipinski definition) is 0. The van der Waals surface area contributed by atoms with Gasteiger partial charge in [-0.2, -0.15) is 0 Å². The van der Waals surface area contributed by atoms with Crippen molar-refractivity contribution in [2.24, 2.45) is 5.92 Å². The number of piperidine rings is 1. The third-order valence-corrected chi connectivity index (χ3v) is 5.05. The number of nitrogens with zero attached hydrogens (tertiary/aromatic N) is 3. The number of hydrogen-bond acceptors (Lipinski definition) is 6. The number of carbonyl (C=O) groups excluding carboxylic acids is 3. The van der Waals surface area contributed by atoms with Gasteiger partial charge in [-0.15, -0.1) is 0 Å². The summed E-state index contributed by atoms with van der Waals surface area (Å²) in [4.78, 5) is 44.1. The average Bonchev–Trinajstić information content (AvgIpc) is 2.71. The van der Waals surface area contributed by atoms with E-state index in [-0.39, 0.29) is 23.9 Å². The molecule has 1 saturated heterocycles. The third kappa shape index (κ3) is 3.49. The Morgan fingerprint density at radius 2 is 1.92 bits per heavy atom. The summed E-state index contributed by atoms with van der Waals surface area (Å²) in [7, 11) is 2.72. The Bertz CT molecular complexity index is 721. The summed E-state index contributed by atoms with van der Waals surface area (Å²) >= 11 is 0. The van der Waals surface area contributed by atoms with E-state index in [9.17, 15) is 14.4 Å². The molecule has 2 aliphatic heterocycles. The van der Waals surface area contributed by atoms with Crippen molar-refractivity contribution in [3.8, 4) is 0 Å². The minimum Gasteiger partial charge on any atom is -0.469 e. The van der Waals surface area contributed by atoms with Gasteiger partial charge in [-0.05, 0) is 30.4 Å². The van der Waals surface area contributed by atoms with Gasteiger partial charge in [-0.25, -0.2) is 4.79 Å². The maximum absolute atomic E-state index is 13.0. The molecule has 1 aromatic heterocycles. The van der Waals surface area contributed by atoms with E-state index in [2.05, 4.69) is 4.98 Å². The van der Waals surface area contributed by atoms with Crippen LogP contribution < -0.4 is 0 Å². The molecule has 0 spiro atoms. The fourth-order valence-corrected chi connectivity index (χ4v) is 3.65. The van der Waals surface area contributed by atoms with Crippen LogP contribution in [0.15, 0.2) is 12.4 Å².